The van der Waals surface area contributed by atoms with Gasteiger partial charge in [-0.25, -0.2) is 0 Å². The first-order valence-corrected chi connectivity index (χ1v) is 5.56. The lowest BCUT2D eigenvalue weighted by atomic mass is 9.80. The van der Waals surface area contributed by atoms with Crippen molar-refractivity contribution in [1.82, 2.24) is 4.90 Å². The number of carbonyl (C=O) groups excluding carboxylic acids is 1. The number of rotatable bonds is 4. The number of nitrogens with two attached hydrogens (primary N) is 1. The Morgan fingerprint density at radius 3 is 2.50 bits per heavy atom. The van der Waals surface area contributed by atoms with Crippen molar-refractivity contribution < 1.29 is 4.79 Å². The van der Waals surface area contributed by atoms with E-state index in [1.807, 2.05) is 4.90 Å². The maximum atomic E-state index is 11.6. The predicted molar refractivity (Wildman–Crippen MR) is 57.9 cm³/mol. The fraction of sp³-hybridized carbons (Fsp3) is 0.909. The Labute approximate surface area is 86.6 Å². The smallest absolute Gasteiger partial charge is 0.222 e. The first-order valence-electron chi connectivity index (χ1n) is 5.56. The van der Waals surface area contributed by atoms with Crippen molar-refractivity contribution in [3.63, 3.8) is 0 Å². The number of hydrogen-bond acceptors (Lipinski definition) is 2. The topological polar surface area (TPSA) is 46.3 Å². The second kappa shape index (κ2) is 4.30. The summed E-state index contributed by atoms with van der Waals surface area (Å²) in [6.45, 7) is 7.83. The molecule has 1 rings (SSSR count). The molecule has 1 aliphatic heterocycles. The van der Waals surface area contributed by atoms with E-state index in [-0.39, 0.29) is 11.4 Å². The molecule has 0 saturated carbocycles. The van der Waals surface area contributed by atoms with Gasteiger partial charge in [-0.3, -0.25) is 4.79 Å². The maximum absolute atomic E-state index is 11.6. The van der Waals surface area contributed by atoms with Gasteiger partial charge in [0.05, 0.1) is 5.54 Å². The normalized spacial score (nSPS) is 19.6. The van der Waals surface area contributed by atoms with Gasteiger partial charge in [0.25, 0.3) is 0 Å². The minimum absolute atomic E-state index is 0.123. The van der Waals surface area contributed by atoms with Gasteiger partial charge in [-0.1, -0.05) is 27.2 Å². The lowest BCUT2D eigenvalue weighted by Gasteiger charge is -2.50. The summed E-state index contributed by atoms with van der Waals surface area (Å²) in [5.74, 6) is 0.728. The number of nitrogens with zero attached hydrogens (tertiary/aromatic N) is 1. The van der Waals surface area contributed by atoms with Gasteiger partial charge in [-0.05, 0) is 12.3 Å². The van der Waals surface area contributed by atoms with Crippen LogP contribution in [0, 0.1) is 5.92 Å². The minimum Gasteiger partial charge on any atom is -0.339 e. The number of amides is 1. The predicted octanol–water partition coefficient (Wildman–Crippen LogP) is 1.37. The Morgan fingerprint density at radius 1 is 1.50 bits per heavy atom. The molecule has 1 saturated heterocycles. The van der Waals surface area contributed by atoms with Crippen molar-refractivity contribution in [2.75, 3.05) is 13.1 Å². The first kappa shape index (κ1) is 11.5. The van der Waals surface area contributed by atoms with Crippen molar-refractivity contribution in [1.29, 1.82) is 0 Å². The van der Waals surface area contributed by atoms with Crippen molar-refractivity contribution in [2.45, 2.75) is 45.6 Å². The van der Waals surface area contributed by atoms with Gasteiger partial charge in [0, 0.05) is 19.5 Å². The molecule has 0 aliphatic carbocycles. The van der Waals surface area contributed by atoms with E-state index in [9.17, 15) is 4.79 Å². The molecule has 1 aliphatic rings. The van der Waals surface area contributed by atoms with Gasteiger partial charge in [0.2, 0.25) is 5.91 Å². The van der Waals surface area contributed by atoms with Crippen LogP contribution in [0.3, 0.4) is 0 Å². The molecule has 14 heavy (non-hydrogen) atoms. The largest absolute Gasteiger partial charge is 0.339 e. The molecule has 3 nitrogen and oxygen atoms in total. The van der Waals surface area contributed by atoms with E-state index >= 15 is 0 Å². The Kier molecular flexibility index (Phi) is 3.53. The maximum Gasteiger partial charge on any atom is 0.222 e. The van der Waals surface area contributed by atoms with E-state index in [0.717, 1.165) is 25.9 Å². The highest BCUT2D eigenvalue weighted by atomic mass is 16.2. The van der Waals surface area contributed by atoms with Crippen LogP contribution in [0.4, 0.5) is 0 Å². The van der Waals surface area contributed by atoms with E-state index in [1.165, 1.54) is 0 Å². The molecular weight excluding hydrogens is 176 g/mol. The van der Waals surface area contributed by atoms with Crippen LogP contribution in [0.15, 0.2) is 0 Å². The molecule has 0 aromatic heterocycles. The monoisotopic (exact) mass is 198 g/mol. The van der Waals surface area contributed by atoms with E-state index < -0.39 is 0 Å². The summed E-state index contributed by atoms with van der Waals surface area (Å²) in [5, 5.41) is 0. The number of unbranched alkanes of at least 4 members (excludes halogenated alkanes) is 1. The lowest BCUT2D eigenvalue weighted by Crippen LogP contribution is -2.71. The Morgan fingerprint density at radius 2 is 2.07 bits per heavy atom. The van der Waals surface area contributed by atoms with Gasteiger partial charge >= 0.3 is 0 Å². The van der Waals surface area contributed by atoms with Gasteiger partial charge in [0.15, 0.2) is 0 Å². The summed E-state index contributed by atoms with van der Waals surface area (Å²) in [6, 6.07) is 0. The van der Waals surface area contributed by atoms with Crippen LogP contribution in [0.5, 0.6) is 0 Å². The number of carbonyl (C=O) groups is 1. The van der Waals surface area contributed by atoms with E-state index in [4.69, 9.17) is 5.73 Å². The number of hydrogen-bond donors (Lipinski definition) is 1. The average Bonchev–Trinajstić information content (AvgIpc) is 2.08. The molecule has 1 heterocycles. The highest BCUT2D eigenvalue weighted by molar-refractivity contribution is 5.77. The molecule has 0 aromatic carbocycles. The highest BCUT2D eigenvalue weighted by Gasteiger charge is 2.43. The highest BCUT2D eigenvalue weighted by Crippen LogP contribution is 2.26. The fourth-order valence-electron chi connectivity index (χ4n) is 1.69. The molecule has 0 spiro atoms. The average molecular weight is 198 g/mol. The van der Waals surface area contributed by atoms with Gasteiger partial charge in [-0.2, -0.15) is 0 Å². The summed E-state index contributed by atoms with van der Waals surface area (Å²) in [7, 11) is 0. The van der Waals surface area contributed by atoms with Crippen molar-refractivity contribution in [3.8, 4) is 0 Å². The molecule has 0 radical (unpaired) electrons. The van der Waals surface area contributed by atoms with Gasteiger partial charge in [-0.15, -0.1) is 0 Å². The van der Waals surface area contributed by atoms with E-state index in [0.29, 0.717) is 12.3 Å². The van der Waals surface area contributed by atoms with Crippen LogP contribution < -0.4 is 5.73 Å². The summed E-state index contributed by atoms with van der Waals surface area (Å²) >= 11 is 0. The summed E-state index contributed by atoms with van der Waals surface area (Å²) < 4.78 is 0. The van der Waals surface area contributed by atoms with Crippen molar-refractivity contribution in [3.05, 3.63) is 0 Å². The summed E-state index contributed by atoms with van der Waals surface area (Å²) in [5.41, 5.74) is 5.99. The first-order chi connectivity index (χ1) is 6.49. The van der Waals surface area contributed by atoms with Crippen LogP contribution in [-0.4, -0.2) is 29.4 Å². The number of likely N-dealkylation sites (tertiary alicyclic amines) is 1. The zero-order valence-electron chi connectivity index (χ0n) is 9.55. The molecule has 82 valence electrons. The van der Waals surface area contributed by atoms with E-state index in [1.54, 1.807) is 0 Å². The molecule has 1 amide bonds. The third-order valence-corrected chi connectivity index (χ3v) is 3.22. The molecule has 1 fully saturated rings. The zero-order chi connectivity index (χ0) is 10.8. The van der Waals surface area contributed by atoms with Crippen LogP contribution in [0.1, 0.15) is 40.0 Å². The van der Waals surface area contributed by atoms with Crippen LogP contribution >= 0.6 is 0 Å². The van der Waals surface area contributed by atoms with Crippen molar-refractivity contribution in [2.24, 2.45) is 11.7 Å². The molecular formula is C11H22N2O. The molecule has 2 N–H and O–H groups in total. The minimum atomic E-state index is -0.123. The zero-order valence-corrected chi connectivity index (χ0v) is 9.55. The van der Waals surface area contributed by atoms with Crippen molar-refractivity contribution >= 4 is 5.91 Å². The molecule has 0 unspecified atom stereocenters. The van der Waals surface area contributed by atoms with E-state index in [2.05, 4.69) is 20.8 Å². The molecule has 0 atom stereocenters. The SMILES string of the molecule is CCCCC(=O)N1CC(N)(C(C)C)C1. The van der Waals surface area contributed by atoms with Crippen LogP contribution in [-0.2, 0) is 4.79 Å². The standard InChI is InChI=1S/C11H22N2O/c1-4-5-6-10(14)13-7-11(12,8-13)9(2)3/h9H,4-8,12H2,1-3H3. The fourth-order valence-corrected chi connectivity index (χ4v) is 1.69. The Balaban J connectivity index is 2.30. The second-order valence-corrected chi connectivity index (χ2v) is 4.74. The Hall–Kier alpha value is -0.570. The molecule has 0 aromatic rings. The van der Waals surface area contributed by atoms with Crippen LogP contribution in [0.2, 0.25) is 0 Å². The van der Waals surface area contributed by atoms with Crippen LogP contribution in [0.25, 0.3) is 0 Å². The van der Waals surface area contributed by atoms with Gasteiger partial charge < -0.3 is 10.6 Å². The molecule has 3 heteroatoms. The quantitative estimate of drug-likeness (QED) is 0.741. The summed E-state index contributed by atoms with van der Waals surface area (Å²) in [4.78, 5) is 13.4. The third-order valence-electron chi connectivity index (χ3n) is 3.22. The lowest BCUT2D eigenvalue weighted by molar-refractivity contribution is -0.140. The summed E-state index contributed by atoms with van der Waals surface area (Å²) in [6.07, 6.45) is 2.76. The Bertz CT molecular complexity index is 207. The second-order valence-electron chi connectivity index (χ2n) is 4.74. The third kappa shape index (κ3) is 2.27. The van der Waals surface area contributed by atoms with Gasteiger partial charge in [0.1, 0.15) is 0 Å². The molecule has 0 bridgehead atoms.